The Hall–Kier alpha value is -1.30. The van der Waals surface area contributed by atoms with Crippen LogP contribution in [-0.2, 0) is 4.79 Å². The maximum Gasteiger partial charge on any atom is 0.329 e. The van der Waals surface area contributed by atoms with Gasteiger partial charge in [0.2, 0.25) is 0 Å². The van der Waals surface area contributed by atoms with Crippen LogP contribution in [-0.4, -0.2) is 65.2 Å². The van der Waals surface area contributed by atoms with Crippen molar-refractivity contribution in [2.45, 2.75) is 45.2 Å². The molecule has 0 radical (unpaired) electrons. The van der Waals surface area contributed by atoms with Crippen molar-refractivity contribution >= 4 is 12.0 Å². The third-order valence-electron chi connectivity index (χ3n) is 3.97. The summed E-state index contributed by atoms with van der Waals surface area (Å²) in [5.41, 5.74) is -1.06. The van der Waals surface area contributed by atoms with Gasteiger partial charge in [0.25, 0.3) is 0 Å². The van der Waals surface area contributed by atoms with Crippen molar-refractivity contribution in [2.24, 2.45) is 0 Å². The quantitative estimate of drug-likeness (QED) is 0.781. The van der Waals surface area contributed by atoms with Crippen molar-refractivity contribution in [1.29, 1.82) is 0 Å². The van der Waals surface area contributed by atoms with Crippen LogP contribution in [0, 0.1) is 0 Å². The number of nitrogens with one attached hydrogen (secondary N) is 1. The van der Waals surface area contributed by atoms with Gasteiger partial charge in [-0.25, -0.2) is 9.59 Å². The van der Waals surface area contributed by atoms with Crippen molar-refractivity contribution in [1.82, 2.24) is 15.1 Å². The molecule has 0 aromatic rings. The second kappa shape index (κ2) is 6.23. The lowest BCUT2D eigenvalue weighted by Crippen LogP contribution is -2.54. The molecule has 1 fully saturated rings. The highest BCUT2D eigenvalue weighted by Crippen LogP contribution is 2.28. The molecule has 0 bridgehead atoms. The van der Waals surface area contributed by atoms with Gasteiger partial charge in [-0.15, -0.1) is 0 Å². The van der Waals surface area contributed by atoms with Crippen LogP contribution < -0.4 is 5.32 Å². The summed E-state index contributed by atoms with van der Waals surface area (Å²) in [5.74, 6) is -0.931. The predicted molar refractivity (Wildman–Crippen MR) is 73.1 cm³/mol. The van der Waals surface area contributed by atoms with Crippen LogP contribution in [0.2, 0.25) is 0 Å². The summed E-state index contributed by atoms with van der Waals surface area (Å²) in [6, 6.07) is 0.146. The minimum absolute atomic E-state index is 0.278. The second-order valence-electron chi connectivity index (χ2n) is 5.64. The highest BCUT2D eigenvalue weighted by atomic mass is 16.4. The molecule has 1 saturated heterocycles. The molecule has 0 saturated carbocycles. The van der Waals surface area contributed by atoms with E-state index in [1.54, 1.807) is 6.92 Å². The molecule has 1 heterocycles. The number of amides is 2. The fourth-order valence-electron chi connectivity index (χ4n) is 2.20. The molecule has 2 amide bonds. The van der Waals surface area contributed by atoms with Crippen LogP contribution in [0.25, 0.3) is 0 Å². The summed E-state index contributed by atoms with van der Waals surface area (Å²) in [5, 5.41) is 12.1. The van der Waals surface area contributed by atoms with Gasteiger partial charge in [-0.3, -0.25) is 0 Å². The van der Waals surface area contributed by atoms with Crippen LogP contribution >= 0.6 is 0 Å². The fourth-order valence-corrected chi connectivity index (χ4v) is 2.20. The first kappa shape index (κ1) is 15.8. The van der Waals surface area contributed by atoms with Crippen LogP contribution in [0.15, 0.2) is 0 Å². The molecular formula is C13H25N3O3. The van der Waals surface area contributed by atoms with Gasteiger partial charge >= 0.3 is 12.0 Å². The Morgan fingerprint density at radius 2 is 2.11 bits per heavy atom. The lowest BCUT2D eigenvalue weighted by molar-refractivity contribution is -0.147. The first-order valence-electron chi connectivity index (χ1n) is 6.78. The monoisotopic (exact) mass is 271 g/mol. The number of aliphatic carboxylic acids is 1. The van der Waals surface area contributed by atoms with E-state index < -0.39 is 11.5 Å². The normalized spacial score (nSPS) is 23.2. The Labute approximate surface area is 114 Å². The van der Waals surface area contributed by atoms with Gasteiger partial charge in [0.15, 0.2) is 0 Å². The molecule has 6 heteroatoms. The van der Waals surface area contributed by atoms with Gasteiger partial charge in [-0.05, 0) is 40.7 Å². The summed E-state index contributed by atoms with van der Waals surface area (Å²) in [6.45, 7) is 7.57. The molecule has 110 valence electrons. The molecule has 1 rings (SSSR count). The van der Waals surface area contributed by atoms with Crippen LogP contribution in [0.5, 0.6) is 0 Å². The predicted octanol–water partition coefficient (Wildman–Crippen LogP) is 0.975. The van der Waals surface area contributed by atoms with Gasteiger partial charge < -0.3 is 20.2 Å². The number of carbonyl (C=O) groups is 2. The van der Waals surface area contributed by atoms with Crippen molar-refractivity contribution in [3.05, 3.63) is 0 Å². The number of likely N-dealkylation sites (tertiary alicyclic amines) is 1. The van der Waals surface area contributed by atoms with E-state index in [1.165, 1.54) is 4.90 Å². The van der Waals surface area contributed by atoms with Crippen molar-refractivity contribution in [3.8, 4) is 0 Å². The molecule has 6 nitrogen and oxygen atoms in total. The zero-order chi connectivity index (χ0) is 14.6. The van der Waals surface area contributed by atoms with Crippen molar-refractivity contribution < 1.29 is 14.7 Å². The summed E-state index contributed by atoms with van der Waals surface area (Å²) >= 11 is 0. The smallest absolute Gasteiger partial charge is 0.329 e. The molecule has 1 aliphatic rings. The zero-order valence-corrected chi connectivity index (χ0v) is 12.3. The lowest BCUT2D eigenvalue weighted by atomic mass is 10.00. The zero-order valence-electron chi connectivity index (χ0n) is 12.3. The standard InChI is InChI=1S/C13H25N3O3/c1-10(2)15(4)9-7-14-12(19)16-8-5-6-13(16,3)11(17)18/h10H,5-9H2,1-4H3,(H,14,19)(H,17,18). The molecule has 0 aromatic carbocycles. The van der Waals surface area contributed by atoms with Gasteiger partial charge in [-0.2, -0.15) is 0 Å². The van der Waals surface area contributed by atoms with E-state index in [0.29, 0.717) is 25.6 Å². The summed E-state index contributed by atoms with van der Waals surface area (Å²) in [4.78, 5) is 26.9. The largest absolute Gasteiger partial charge is 0.480 e. The Morgan fingerprint density at radius 1 is 1.47 bits per heavy atom. The highest BCUT2D eigenvalue weighted by molar-refractivity contribution is 5.86. The molecule has 19 heavy (non-hydrogen) atoms. The average Bonchev–Trinajstić information content (AvgIpc) is 2.72. The number of likely N-dealkylation sites (N-methyl/N-ethyl adjacent to an activating group) is 1. The Morgan fingerprint density at radius 3 is 2.63 bits per heavy atom. The first-order valence-corrected chi connectivity index (χ1v) is 6.78. The minimum Gasteiger partial charge on any atom is -0.480 e. The molecule has 0 aliphatic carbocycles. The average molecular weight is 271 g/mol. The van der Waals surface area contributed by atoms with Crippen molar-refractivity contribution in [3.63, 3.8) is 0 Å². The molecule has 0 aromatic heterocycles. The van der Waals surface area contributed by atoms with Crippen LogP contribution in [0.3, 0.4) is 0 Å². The third-order valence-corrected chi connectivity index (χ3v) is 3.97. The molecule has 2 N–H and O–H groups in total. The number of urea groups is 1. The lowest BCUT2D eigenvalue weighted by Gasteiger charge is -2.31. The number of carboxylic acid groups (broad SMARTS) is 1. The first-order chi connectivity index (χ1) is 8.79. The number of carboxylic acids is 1. The van der Waals surface area contributed by atoms with Gasteiger partial charge in [-0.1, -0.05) is 0 Å². The summed E-state index contributed by atoms with van der Waals surface area (Å²) < 4.78 is 0. The van der Waals surface area contributed by atoms with E-state index in [2.05, 4.69) is 24.1 Å². The number of hydrogen-bond donors (Lipinski definition) is 2. The Balaban J connectivity index is 2.48. The number of carbonyl (C=O) groups excluding carboxylic acids is 1. The van der Waals surface area contributed by atoms with E-state index in [9.17, 15) is 14.7 Å². The summed E-state index contributed by atoms with van der Waals surface area (Å²) in [6.07, 6.45) is 1.25. The van der Waals surface area contributed by atoms with Crippen LogP contribution in [0.4, 0.5) is 4.79 Å². The minimum atomic E-state index is -1.06. The van der Waals surface area contributed by atoms with E-state index in [0.717, 1.165) is 13.0 Å². The van der Waals surface area contributed by atoms with E-state index in [1.807, 2.05) is 7.05 Å². The Bertz CT molecular complexity index is 346. The molecule has 1 atom stereocenters. The molecule has 1 aliphatic heterocycles. The molecule has 0 spiro atoms. The van der Waals surface area contributed by atoms with Crippen LogP contribution in [0.1, 0.15) is 33.6 Å². The maximum atomic E-state index is 12.0. The van der Waals surface area contributed by atoms with Gasteiger partial charge in [0.05, 0.1) is 0 Å². The topological polar surface area (TPSA) is 72.9 Å². The molecule has 1 unspecified atom stereocenters. The van der Waals surface area contributed by atoms with Gasteiger partial charge in [0.1, 0.15) is 5.54 Å². The van der Waals surface area contributed by atoms with E-state index in [-0.39, 0.29) is 6.03 Å². The third kappa shape index (κ3) is 3.59. The number of nitrogens with zero attached hydrogens (tertiary/aromatic N) is 2. The van der Waals surface area contributed by atoms with Gasteiger partial charge in [0, 0.05) is 25.7 Å². The highest BCUT2D eigenvalue weighted by Gasteiger charge is 2.45. The summed E-state index contributed by atoms with van der Waals surface area (Å²) in [7, 11) is 1.99. The maximum absolute atomic E-state index is 12.0. The second-order valence-corrected chi connectivity index (χ2v) is 5.64. The SMILES string of the molecule is CC(C)N(C)CCNC(=O)N1CCCC1(C)C(=O)O. The van der Waals surface area contributed by atoms with E-state index >= 15 is 0 Å². The molecular weight excluding hydrogens is 246 g/mol. The van der Waals surface area contributed by atoms with Crippen molar-refractivity contribution in [2.75, 3.05) is 26.7 Å². The Kier molecular flexibility index (Phi) is 5.17. The number of hydrogen-bond acceptors (Lipinski definition) is 3. The van der Waals surface area contributed by atoms with E-state index in [4.69, 9.17) is 0 Å². The fraction of sp³-hybridized carbons (Fsp3) is 0.846. The number of rotatable bonds is 5.